The minimum atomic E-state index is -1.01. The Labute approximate surface area is 132 Å². The van der Waals surface area contributed by atoms with Gasteiger partial charge in [0.2, 0.25) is 5.95 Å². The van der Waals surface area contributed by atoms with Crippen molar-refractivity contribution in [3.05, 3.63) is 47.8 Å². The van der Waals surface area contributed by atoms with Gasteiger partial charge in [0.1, 0.15) is 0 Å². The van der Waals surface area contributed by atoms with Gasteiger partial charge in [0.15, 0.2) is 11.6 Å². The van der Waals surface area contributed by atoms with Crippen LogP contribution >= 0.6 is 0 Å². The zero-order chi connectivity index (χ0) is 16.2. The SMILES string of the molecule is O=C(Nc1ccc(F)c(F)c1)c1cnc(N2CCCCC2)nc1. The van der Waals surface area contributed by atoms with Crippen molar-refractivity contribution in [2.24, 2.45) is 0 Å². The van der Waals surface area contributed by atoms with Gasteiger partial charge in [-0.15, -0.1) is 0 Å². The molecule has 0 saturated carbocycles. The molecule has 1 aromatic carbocycles. The molecule has 0 aliphatic carbocycles. The van der Waals surface area contributed by atoms with Crippen LogP contribution in [-0.2, 0) is 0 Å². The van der Waals surface area contributed by atoms with E-state index in [9.17, 15) is 13.6 Å². The molecule has 1 N–H and O–H groups in total. The molecule has 5 nitrogen and oxygen atoms in total. The van der Waals surface area contributed by atoms with Gasteiger partial charge in [-0.25, -0.2) is 18.7 Å². The minimum absolute atomic E-state index is 0.175. The van der Waals surface area contributed by atoms with Crippen LogP contribution in [0.5, 0.6) is 0 Å². The fourth-order valence-electron chi connectivity index (χ4n) is 2.47. The standard InChI is InChI=1S/C16H16F2N4O/c17-13-5-4-12(8-14(13)18)21-15(23)11-9-19-16(20-10-11)22-6-2-1-3-7-22/h4-5,8-10H,1-3,6-7H2,(H,21,23). The lowest BCUT2D eigenvalue weighted by molar-refractivity contribution is 0.102. The van der Waals surface area contributed by atoms with Crippen molar-refractivity contribution in [1.29, 1.82) is 0 Å². The quantitative estimate of drug-likeness (QED) is 0.945. The number of piperidine rings is 1. The molecule has 0 radical (unpaired) electrons. The highest BCUT2D eigenvalue weighted by Crippen LogP contribution is 2.16. The summed E-state index contributed by atoms with van der Waals surface area (Å²) in [5.74, 6) is -1.84. The topological polar surface area (TPSA) is 58.1 Å². The average molecular weight is 318 g/mol. The number of carbonyl (C=O) groups excluding carboxylic acids is 1. The molecule has 23 heavy (non-hydrogen) atoms. The number of nitrogens with one attached hydrogen (secondary N) is 1. The number of carbonyl (C=O) groups is 1. The zero-order valence-electron chi connectivity index (χ0n) is 12.4. The molecule has 1 aromatic heterocycles. The van der Waals surface area contributed by atoms with E-state index in [4.69, 9.17) is 0 Å². The highest BCUT2D eigenvalue weighted by molar-refractivity contribution is 6.03. The summed E-state index contributed by atoms with van der Waals surface area (Å²) in [5.41, 5.74) is 0.435. The van der Waals surface area contributed by atoms with E-state index in [1.54, 1.807) is 0 Å². The molecule has 0 spiro atoms. The molecule has 3 rings (SSSR count). The van der Waals surface area contributed by atoms with Crippen LogP contribution in [0, 0.1) is 11.6 Å². The minimum Gasteiger partial charge on any atom is -0.341 e. The van der Waals surface area contributed by atoms with E-state index in [2.05, 4.69) is 20.2 Å². The second-order valence-electron chi connectivity index (χ2n) is 5.40. The first kappa shape index (κ1) is 15.3. The van der Waals surface area contributed by atoms with E-state index in [0.717, 1.165) is 38.1 Å². The lowest BCUT2D eigenvalue weighted by Gasteiger charge is -2.26. The summed E-state index contributed by atoms with van der Waals surface area (Å²) in [4.78, 5) is 22.6. The molecule has 0 atom stereocenters. The first-order valence-electron chi connectivity index (χ1n) is 7.47. The van der Waals surface area contributed by atoms with Crippen LogP contribution < -0.4 is 10.2 Å². The number of aromatic nitrogens is 2. The molecule has 1 saturated heterocycles. The number of hydrogen-bond acceptors (Lipinski definition) is 4. The zero-order valence-corrected chi connectivity index (χ0v) is 12.4. The van der Waals surface area contributed by atoms with Crippen LogP contribution in [-0.4, -0.2) is 29.0 Å². The molecule has 1 aliphatic rings. The fraction of sp³-hybridized carbons (Fsp3) is 0.312. The third-order valence-corrected chi connectivity index (χ3v) is 3.72. The molecule has 7 heteroatoms. The summed E-state index contributed by atoms with van der Waals surface area (Å²) in [6.07, 6.45) is 6.31. The summed E-state index contributed by atoms with van der Waals surface area (Å²) in [6, 6.07) is 3.18. The largest absolute Gasteiger partial charge is 0.341 e. The fourth-order valence-corrected chi connectivity index (χ4v) is 2.47. The normalized spacial score (nSPS) is 14.6. The monoisotopic (exact) mass is 318 g/mol. The van der Waals surface area contributed by atoms with Crippen molar-refractivity contribution in [2.75, 3.05) is 23.3 Å². The van der Waals surface area contributed by atoms with Crippen LogP contribution in [0.4, 0.5) is 20.4 Å². The van der Waals surface area contributed by atoms with Gasteiger partial charge in [-0.05, 0) is 31.4 Å². The van der Waals surface area contributed by atoms with E-state index in [-0.39, 0.29) is 11.3 Å². The second kappa shape index (κ2) is 6.68. The van der Waals surface area contributed by atoms with E-state index < -0.39 is 17.5 Å². The summed E-state index contributed by atoms with van der Waals surface area (Å²) in [7, 11) is 0. The third kappa shape index (κ3) is 3.61. The summed E-state index contributed by atoms with van der Waals surface area (Å²) in [5, 5.41) is 2.49. The van der Waals surface area contributed by atoms with Gasteiger partial charge in [-0.3, -0.25) is 4.79 Å². The van der Waals surface area contributed by atoms with Crippen molar-refractivity contribution in [1.82, 2.24) is 9.97 Å². The Kier molecular flexibility index (Phi) is 4.45. The van der Waals surface area contributed by atoms with Gasteiger partial charge >= 0.3 is 0 Å². The maximum absolute atomic E-state index is 13.1. The maximum Gasteiger partial charge on any atom is 0.258 e. The molecule has 1 amide bonds. The number of anilines is 2. The van der Waals surface area contributed by atoms with Crippen LogP contribution in [0.3, 0.4) is 0 Å². The predicted molar refractivity (Wildman–Crippen MR) is 82.4 cm³/mol. The van der Waals surface area contributed by atoms with Gasteiger partial charge < -0.3 is 10.2 Å². The van der Waals surface area contributed by atoms with Gasteiger partial charge in [0.25, 0.3) is 5.91 Å². The van der Waals surface area contributed by atoms with Crippen molar-refractivity contribution < 1.29 is 13.6 Å². The number of benzene rings is 1. The lowest BCUT2D eigenvalue weighted by atomic mass is 10.1. The first-order valence-corrected chi connectivity index (χ1v) is 7.47. The predicted octanol–water partition coefficient (Wildman–Crippen LogP) is 3.00. The van der Waals surface area contributed by atoms with Gasteiger partial charge in [0.05, 0.1) is 5.56 Å². The average Bonchev–Trinajstić information content (AvgIpc) is 2.59. The molecule has 120 valence electrons. The second-order valence-corrected chi connectivity index (χ2v) is 5.40. The van der Waals surface area contributed by atoms with Crippen LogP contribution in [0.25, 0.3) is 0 Å². The molecule has 1 fully saturated rings. The number of hydrogen-bond donors (Lipinski definition) is 1. The molecule has 2 aromatic rings. The summed E-state index contributed by atoms with van der Waals surface area (Å²) < 4.78 is 26.0. The summed E-state index contributed by atoms with van der Waals surface area (Å²) in [6.45, 7) is 1.83. The van der Waals surface area contributed by atoms with E-state index in [0.29, 0.717) is 5.95 Å². The Morgan fingerprint density at radius 1 is 1.04 bits per heavy atom. The first-order chi connectivity index (χ1) is 11.1. The molecule has 1 aliphatic heterocycles. The van der Waals surface area contributed by atoms with Gasteiger partial charge in [-0.1, -0.05) is 0 Å². The van der Waals surface area contributed by atoms with Crippen molar-refractivity contribution in [3.8, 4) is 0 Å². The lowest BCUT2D eigenvalue weighted by Crippen LogP contribution is -2.31. The van der Waals surface area contributed by atoms with Crippen molar-refractivity contribution >= 4 is 17.5 Å². The highest BCUT2D eigenvalue weighted by atomic mass is 19.2. The van der Waals surface area contributed by atoms with Crippen LogP contribution in [0.2, 0.25) is 0 Å². The Hall–Kier alpha value is -2.57. The Bertz CT molecular complexity index is 700. The molecular formula is C16H16F2N4O. The van der Waals surface area contributed by atoms with Crippen molar-refractivity contribution in [3.63, 3.8) is 0 Å². The molecule has 2 heterocycles. The molecule has 0 bridgehead atoms. The van der Waals surface area contributed by atoms with Gasteiger partial charge in [-0.2, -0.15) is 0 Å². The van der Waals surface area contributed by atoms with Gasteiger partial charge in [0, 0.05) is 37.2 Å². The Balaban J connectivity index is 1.68. The van der Waals surface area contributed by atoms with E-state index in [1.165, 1.54) is 24.9 Å². The Morgan fingerprint density at radius 2 is 1.74 bits per heavy atom. The van der Waals surface area contributed by atoms with E-state index >= 15 is 0 Å². The van der Waals surface area contributed by atoms with Crippen LogP contribution in [0.1, 0.15) is 29.6 Å². The maximum atomic E-state index is 13.1. The summed E-state index contributed by atoms with van der Waals surface area (Å²) >= 11 is 0. The highest BCUT2D eigenvalue weighted by Gasteiger charge is 2.15. The Morgan fingerprint density at radius 3 is 2.39 bits per heavy atom. The number of nitrogens with zero attached hydrogens (tertiary/aromatic N) is 3. The van der Waals surface area contributed by atoms with Crippen LogP contribution in [0.15, 0.2) is 30.6 Å². The number of halogens is 2. The third-order valence-electron chi connectivity index (χ3n) is 3.72. The van der Waals surface area contributed by atoms with E-state index in [1.807, 2.05) is 0 Å². The number of amides is 1. The number of rotatable bonds is 3. The molecular weight excluding hydrogens is 302 g/mol. The van der Waals surface area contributed by atoms with Crippen molar-refractivity contribution in [2.45, 2.75) is 19.3 Å². The smallest absolute Gasteiger partial charge is 0.258 e. The molecule has 0 unspecified atom stereocenters.